The number of fused-ring (bicyclic) bond motifs is 3. The molecule has 0 spiro atoms. The molecule has 150 valence electrons. The number of carbonyl (C=O) groups is 1. The second-order valence-corrected chi connectivity index (χ2v) is 7.89. The minimum absolute atomic E-state index is 0.0547. The SMILES string of the molecule is CCCCCc1cc2c(c(O)c1C(=O)NOC)-c1cc(C)ccc1C(C)(C)O2. The van der Waals surface area contributed by atoms with Crippen LogP contribution in [0.2, 0.25) is 0 Å². The fraction of sp³-hybridized carbons (Fsp3) is 0.435. The zero-order valence-electron chi connectivity index (χ0n) is 17.3. The van der Waals surface area contributed by atoms with Gasteiger partial charge in [-0.05, 0) is 50.8 Å². The van der Waals surface area contributed by atoms with Gasteiger partial charge in [0.2, 0.25) is 0 Å². The summed E-state index contributed by atoms with van der Waals surface area (Å²) < 4.78 is 6.29. The Morgan fingerprint density at radius 1 is 1.25 bits per heavy atom. The molecule has 1 heterocycles. The van der Waals surface area contributed by atoms with Crippen molar-refractivity contribution in [3.63, 3.8) is 0 Å². The van der Waals surface area contributed by atoms with E-state index in [4.69, 9.17) is 9.57 Å². The number of aromatic hydroxyl groups is 1. The van der Waals surface area contributed by atoms with Crippen molar-refractivity contribution >= 4 is 5.91 Å². The summed E-state index contributed by atoms with van der Waals surface area (Å²) in [5.41, 5.74) is 6.38. The van der Waals surface area contributed by atoms with E-state index in [0.29, 0.717) is 17.7 Å². The molecular weight excluding hydrogens is 354 g/mol. The van der Waals surface area contributed by atoms with E-state index >= 15 is 0 Å². The van der Waals surface area contributed by atoms with Crippen LogP contribution in [0, 0.1) is 6.92 Å². The Morgan fingerprint density at radius 3 is 2.68 bits per heavy atom. The van der Waals surface area contributed by atoms with Gasteiger partial charge in [-0.15, -0.1) is 0 Å². The molecule has 0 radical (unpaired) electrons. The first-order chi connectivity index (χ1) is 13.3. The fourth-order valence-corrected chi connectivity index (χ4v) is 3.92. The van der Waals surface area contributed by atoms with Crippen molar-refractivity contribution in [2.24, 2.45) is 0 Å². The summed E-state index contributed by atoms with van der Waals surface area (Å²) in [5.74, 6) is 0.107. The zero-order chi connectivity index (χ0) is 20.5. The van der Waals surface area contributed by atoms with Crippen LogP contribution in [-0.4, -0.2) is 18.1 Å². The van der Waals surface area contributed by atoms with Crippen LogP contribution in [0.25, 0.3) is 11.1 Å². The van der Waals surface area contributed by atoms with Gasteiger partial charge in [0.15, 0.2) is 0 Å². The molecule has 2 N–H and O–H groups in total. The molecule has 1 aliphatic rings. The first-order valence-corrected chi connectivity index (χ1v) is 9.82. The van der Waals surface area contributed by atoms with Crippen molar-refractivity contribution in [3.05, 3.63) is 46.5 Å². The molecule has 28 heavy (non-hydrogen) atoms. The molecule has 0 aromatic heterocycles. The maximum atomic E-state index is 12.7. The van der Waals surface area contributed by atoms with E-state index in [-0.39, 0.29) is 11.3 Å². The van der Waals surface area contributed by atoms with Gasteiger partial charge in [-0.1, -0.05) is 43.5 Å². The van der Waals surface area contributed by atoms with Gasteiger partial charge < -0.3 is 9.84 Å². The van der Waals surface area contributed by atoms with Crippen LogP contribution in [0.4, 0.5) is 0 Å². The lowest BCUT2D eigenvalue weighted by atomic mass is 9.83. The van der Waals surface area contributed by atoms with Crippen molar-refractivity contribution in [2.45, 2.75) is 59.0 Å². The third-order valence-corrected chi connectivity index (χ3v) is 5.28. The third-order valence-electron chi connectivity index (χ3n) is 5.28. The van der Waals surface area contributed by atoms with Gasteiger partial charge >= 0.3 is 0 Å². The summed E-state index contributed by atoms with van der Waals surface area (Å²) in [6.45, 7) is 8.18. The second kappa shape index (κ2) is 7.84. The molecule has 0 saturated heterocycles. The summed E-state index contributed by atoms with van der Waals surface area (Å²) in [5, 5.41) is 11.2. The predicted octanol–water partition coefficient (Wildman–Crippen LogP) is 5.02. The molecule has 1 aliphatic heterocycles. The highest BCUT2D eigenvalue weighted by Gasteiger charge is 2.36. The highest BCUT2D eigenvalue weighted by atomic mass is 16.6. The number of phenols is 1. The Labute approximate surface area is 166 Å². The normalized spacial score (nSPS) is 14.0. The number of amides is 1. The Bertz CT molecular complexity index is 902. The average Bonchev–Trinajstić information content (AvgIpc) is 2.61. The first-order valence-electron chi connectivity index (χ1n) is 9.82. The van der Waals surface area contributed by atoms with Crippen LogP contribution in [-0.2, 0) is 16.9 Å². The van der Waals surface area contributed by atoms with Crippen molar-refractivity contribution in [2.75, 3.05) is 7.11 Å². The van der Waals surface area contributed by atoms with E-state index in [1.165, 1.54) is 7.11 Å². The number of hydroxylamine groups is 1. The highest BCUT2D eigenvalue weighted by Crippen LogP contribution is 2.51. The molecule has 0 atom stereocenters. The number of hydrogen-bond donors (Lipinski definition) is 2. The number of unbranched alkanes of at least 4 members (excludes halogenated alkanes) is 2. The van der Waals surface area contributed by atoms with Crippen molar-refractivity contribution in [1.82, 2.24) is 5.48 Å². The Kier molecular flexibility index (Phi) is 5.66. The second-order valence-electron chi connectivity index (χ2n) is 7.89. The van der Waals surface area contributed by atoms with Gasteiger partial charge in [0.05, 0.1) is 18.2 Å². The number of aryl methyl sites for hydroxylation is 2. The third kappa shape index (κ3) is 3.59. The largest absolute Gasteiger partial charge is 0.506 e. The van der Waals surface area contributed by atoms with E-state index in [1.807, 2.05) is 45.0 Å². The minimum Gasteiger partial charge on any atom is -0.506 e. The maximum absolute atomic E-state index is 12.7. The van der Waals surface area contributed by atoms with Crippen LogP contribution in [0.15, 0.2) is 24.3 Å². The molecule has 0 unspecified atom stereocenters. The van der Waals surface area contributed by atoms with Crippen LogP contribution >= 0.6 is 0 Å². The number of phenolic OH excluding ortho intramolecular Hbond substituents is 1. The Hall–Kier alpha value is -2.53. The fourth-order valence-electron chi connectivity index (χ4n) is 3.92. The number of carbonyl (C=O) groups excluding carboxylic acids is 1. The lowest BCUT2D eigenvalue weighted by Crippen LogP contribution is -2.30. The van der Waals surface area contributed by atoms with E-state index in [0.717, 1.165) is 41.5 Å². The van der Waals surface area contributed by atoms with Crippen molar-refractivity contribution in [3.8, 4) is 22.6 Å². The lowest BCUT2D eigenvalue weighted by molar-refractivity contribution is 0.0533. The van der Waals surface area contributed by atoms with Crippen LogP contribution in [0.1, 0.15) is 67.1 Å². The van der Waals surface area contributed by atoms with Crippen LogP contribution in [0.5, 0.6) is 11.5 Å². The number of benzene rings is 2. The molecule has 2 aromatic carbocycles. The van der Waals surface area contributed by atoms with Crippen molar-refractivity contribution < 1.29 is 19.5 Å². The molecule has 0 bridgehead atoms. The summed E-state index contributed by atoms with van der Waals surface area (Å²) in [6.07, 6.45) is 3.75. The van der Waals surface area contributed by atoms with E-state index in [2.05, 4.69) is 12.4 Å². The standard InChI is InChI=1S/C23H29NO4/c1-6-7-8-9-15-13-18-20(21(25)19(15)22(26)24-27-5)16-12-14(2)10-11-17(16)23(3,4)28-18/h10-13,25H,6-9H2,1-5H3,(H,24,26). The molecule has 1 amide bonds. The van der Waals surface area contributed by atoms with Gasteiger partial charge in [-0.3, -0.25) is 9.63 Å². The quantitative estimate of drug-likeness (QED) is 0.543. The lowest BCUT2D eigenvalue weighted by Gasteiger charge is -2.36. The highest BCUT2D eigenvalue weighted by molar-refractivity contribution is 6.02. The number of hydrogen-bond acceptors (Lipinski definition) is 4. The van der Waals surface area contributed by atoms with Crippen molar-refractivity contribution in [1.29, 1.82) is 0 Å². The Morgan fingerprint density at radius 2 is 2.00 bits per heavy atom. The smallest absolute Gasteiger partial charge is 0.278 e. The summed E-state index contributed by atoms with van der Waals surface area (Å²) in [6, 6.07) is 8.00. The molecule has 0 saturated carbocycles. The van der Waals surface area contributed by atoms with Crippen LogP contribution in [0.3, 0.4) is 0 Å². The average molecular weight is 383 g/mol. The molecular formula is C23H29NO4. The predicted molar refractivity (Wildman–Crippen MR) is 110 cm³/mol. The minimum atomic E-state index is -0.528. The van der Waals surface area contributed by atoms with Gasteiger partial charge in [0, 0.05) is 5.56 Å². The zero-order valence-corrected chi connectivity index (χ0v) is 17.3. The maximum Gasteiger partial charge on any atom is 0.278 e. The molecule has 0 aliphatic carbocycles. The van der Waals surface area contributed by atoms with E-state index in [9.17, 15) is 9.90 Å². The molecule has 5 heteroatoms. The summed E-state index contributed by atoms with van der Waals surface area (Å²) in [7, 11) is 1.38. The molecule has 0 fully saturated rings. The summed E-state index contributed by atoms with van der Waals surface area (Å²) >= 11 is 0. The van der Waals surface area contributed by atoms with E-state index in [1.54, 1.807) is 0 Å². The topological polar surface area (TPSA) is 67.8 Å². The van der Waals surface area contributed by atoms with Gasteiger partial charge in [0.25, 0.3) is 5.91 Å². The monoisotopic (exact) mass is 383 g/mol. The first kappa shape index (κ1) is 20.2. The number of ether oxygens (including phenoxy) is 1. The van der Waals surface area contributed by atoms with Gasteiger partial charge in [-0.25, -0.2) is 5.48 Å². The molecule has 5 nitrogen and oxygen atoms in total. The van der Waals surface area contributed by atoms with Crippen LogP contribution < -0.4 is 10.2 Å². The summed E-state index contributed by atoms with van der Waals surface area (Å²) in [4.78, 5) is 17.5. The number of nitrogens with one attached hydrogen (secondary N) is 1. The number of rotatable bonds is 6. The van der Waals surface area contributed by atoms with Gasteiger partial charge in [0.1, 0.15) is 17.1 Å². The van der Waals surface area contributed by atoms with E-state index < -0.39 is 11.5 Å². The molecule has 3 rings (SSSR count). The Balaban J connectivity index is 2.23. The molecule has 2 aromatic rings. The van der Waals surface area contributed by atoms with Gasteiger partial charge in [-0.2, -0.15) is 0 Å².